The number of unbranched alkanes of at least 4 members (excludes halogenated alkanes) is 11. The molecule has 6 nitrogen and oxygen atoms in total. The number of thioether (sulfide) groups is 1. The minimum atomic E-state index is -0.876. The number of rotatable bonds is 20. The van der Waals surface area contributed by atoms with Crippen LogP contribution in [0.2, 0.25) is 0 Å². The number of carbonyl (C=O) groups is 2. The van der Waals surface area contributed by atoms with Crippen molar-refractivity contribution in [3.63, 3.8) is 0 Å². The van der Waals surface area contributed by atoms with Crippen molar-refractivity contribution in [1.29, 1.82) is 0 Å². The molecule has 0 aliphatic rings. The zero-order chi connectivity index (χ0) is 29.3. The predicted octanol–water partition coefficient (Wildman–Crippen LogP) is 9.44. The molecular formula is C34H45NO5S. The number of nitrogens with one attached hydrogen (secondary N) is 1. The van der Waals surface area contributed by atoms with Gasteiger partial charge in [-0.15, -0.1) is 11.8 Å². The Morgan fingerprint density at radius 3 is 2.05 bits per heavy atom. The Kier molecular flexibility index (Phi) is 14.4. The van der Waals surface area contributed by atoms with E-state index in [0.717, 1.165) is 23.1 Å². The highest BCUT2D eigenvalue weighted by Gasteiger charge is 2.19. The number of aliphatic carboxylic acids is 1. The van der Waals surface area contributed by atoms with E-state index in [2.05, 4.69) is 12.2 Å². The second-order valence-corrected chi connectivity index (χ2v) is 11.6. The number of benzene rings is 3. The van der Waals surface area contributed by atoms with Crippen molar-refractivity contribution in [2.45, 2.75) is 95.3 Å². The quantitative estimate of drug-likeness (QED) is 0.0911. The van der Waals surface area contributed by atoms with Crippen LogP contribution in [-0.2, 0) is 4.79 Å². The molecule has 3 aromatic carbocycles. The number of anilines is 1. The lowest BCUT2D eigenvalue weighted by atomic mass is 10.0. The van der Waals surface area contributed by atoms with Gasteiger partial charge in [0.05, 0.1) is 24.3 Å². The van der Waals surface area contributed by atoms with E-state index >= 15 is 0 Å². The van der Waals surface area contributed by atoms with Gasteiger partial charge in [0.25, 0.3) is 5.91 Å². The van der Waals surface area contributed by atoms with Crippen LogP contribution in [0.4, 0.5) is 5.69 Å². The van der Waals surface area contributed by atoms with E-state index in [-0.39, 0.29) is 17.7 Å². The smallest absolute Gasteiger partial charge is 0.304 e. The summed E-state index contributed by atoms with van der Waals surface area (Å²) in [6, 6.07) is 16.2. The number of phenolic OH excluding ortho intramolecular Hbond substituents is 1. The summed E-state index contributed by atoms with van der Waals surface area (Å²) >= 11 is 1.36. The first kappa shape index (κ1) is 32.3. The second kappa shape index (κ2) is 18.3. The first-order valence-corrected chi connectivity index (χ1v) is 16.1. The summed E-state index contributed by atoms with van der Waals surface area (Å²) in [5, 5.41) is 24.2. The molecule has 0 unspecified atom stereocenters. The fourth-order valence-corrected chi connectivity index (χ4v) is 5.91. The van der Waals surface area contributed by atoms with E-state index in [1.165, 1.54) is 76.0 Å². The van der Waals surface area contributed by atoms with E-state index in [1.807, 2.05) is 30.3 Å². The average molecular weight is 580 g/mol. The predicted molar refractivity (Wildman–Crippen MR) is 170 cm³/mol. The van der Waals surface area contributed by atoms with Crippen LogP contribution in [0.15, 0.2) is 59.5 Å². The van der Waals surface area contributed by atoms with Gasteiger partial charge >= 0.3 is 5.97 Å². The lowest BCUT2D eigenvalue weighted by molar-refractivity contribution is -0.136. The molecule has 3 rings (SSSR count). The summed E-state index contributed by atoms with van der Waals surface area (Å²) < 4.78 is 6.03. The molecule has 0 heterocycles. The molecule has 3 N–H and O–H groups in total. The van der Waals surface area contributed by atoms with Crippen LogP contribution in [0.25, 0.3) is 10.8 Å². The van der Waals surface area contributed by atoms with Gasteiger partial charge in [-0.2, -0.15) is 0 Å². The summed E-state index contributed by atoms with van der Waals surface area (Å²) in [7, 11) is 0. The standard InChI is InChI=1S/C34H45NO5S/c1-2-3-4-5-6-7-8-9-10-11-12-17-23-40-30-21-16-15-20-29(30)35-34(39)28-25-31(41-24-22-32(36)37)26-18-13-14-19-27(26)33(28)38/h13-16,18-21,25,38H,2-12,17,22-24H2,1H3,(H,35,39)(H,36,37). The Balaban J connectivity index is 1.50. The van der Waals surface area contributed by atoms with Crippen LogP contribution in [0.5, 0.6) is 11.5 Å². The monoisotopic (exact) mass is 579 g/mol. The van der Waals surface area contributed by atoms with Crippen LogP contribution in [0, 0.1) is 0 Å². The molecule has 0 radical (unpaired) electrons. The maximum absolute atomic E-state index is 13.3. The topological polar surface area (TPSA) is 95.9 Å². The van der Waals surface area contributed by atoms with Gasteiger partial charge in [-0.05, 0) is 30.0 Å². The molecule has 3 aromatic rings. The number of aromatic hydroxyl groups is 1. The average Bonchev–Trinajstić information content (AvgIpc) is 2.97. The fourth-order valence-electron chi connectivity index (χ4n) is 4.88. The summed E-state index contributed by atoms with van der Waals surface area (Å²) in [6.07, 6.45) is 15.4. The third kappa shape index (κ3) is 11.0. The van der Waals surface area contributed by atoms with Gasteiger partial charge in [0.15, 0.2) is 0 Å². The molecule has 0 aromatic heterocycles. The third-order valence-corrected chi connectivity index (χ3v) is 8.24. The number of hydrogen-bond acceptors (Lipinski definition) is 5. The van der Waals surface area contributed by atoms with E-state index in [0.29, 0.717) is 29.2 Å². The van der Waals surface area contributed by atoms with Gasteiger partial charge in [-0.1, -0.05) is 114 Å². The molecule has 0 saturated carbocycles. The minimum Gasteiger partial charge on any atom is -0.506 e. The Bertz CT molecular complexity index is 1250. The van der Waals surface area contributed by atoms with Crippen molar-refractivity contribution in [2.75, 3.05) is 17.7 Å². The van der Waals surface area contributed by atoms with E-state index < -0.39 is 11.9 Å². The number of ether oxygens (including phenoxy) is 1. The van der Waals surface area contributed by atoms with Crippen LogP contribution in [0.3, 0.4) is 0 Å². The Morgan fingerprint density at radius 2 is 1.39 bits per heavy atom. The molecule has 222 valence electrons. The van der Waals surface area contributed by atoms with E-state index in [9.17, 15) is 14.7 Å². The van der Waals surface area contributed by atoms with Crippen molar-refractivity contribution >= 4 is 40.1 Å². The van der Waals surface area contributed by atoms with Gasteiger partial charge in [0.1, 0.15) is 11.5 Å². The lowest BCUT2D eigenvalue weighted by Gasteiger charge is -2.15. The minimum absolute atomic E-state index is 0.00527. The summed E-state index contributed by atoms with van der Waals surface area (Å²) in [4.78, 5) is 25.1. The highest BCUT2D eigenvalue weighted by atomic mass is 32.2. The normalized spacial score (nSPS) is 11.0. The summed E-state index contributed by atoms with van der Waals surface area (Å²) in [5.74, 6) is -0.467. The SMILES string of the molecule is CCCCCCCCCCCCCCOc1ccccc1NC(=O)c1cc(SCCC(=O)O)c2ccccc2c1O. The Labute approximate surface area is 248 Å². The van der Waals surface area contributed by atoms with E-state index in [1.54, 1.807) is 24.3 Å². The zero-order valence-electron chi connectivity index (χ0n) is 24.3. The van der Waals surface area contributed by atoms with E-state index in [4.69, 9.17) is 9.84 Å². The molecule has 7 heteroatoms. The second-order valence-electron chi connectivity index (χ2n) is 10.5. The van der Waals surface area contributed by atoms with Crippen LogP contribution in [-0.4, -0.2) is 34.4 Å². The third-order valence-electron chi connectivity index (χ3n) is 7.19. The van der Waals surface area contributed by atoms with Crippen molar-refractivity contribution in [3.8, 4) is 11.5 Å². The van der Waals surface area contributed by atoms with Crippen molar-refractivity contribution < 1.29 is 24.5 Å². The van der Waals surface area contributed by atoms with Gasteiger partial charge in [-0.3, -0.25) is 9.59 Å². The molecule has 0 saturated heterocycles. The van der Waals surface area contributed by atoms with Crippen LogP contribution in [0.1, 0.15) is 101 Å². The van der Waals surface area contributed by atoms with Crippen LogP contribution < -0.4 is 10.1 Å². The van der Waals surface area contributed by atoms with Crippen molar-refractivity contribution in [3.05, 3.63) is 60.2 Å². The molecule has 41 heavy (non-hydrogen) atoms. The van der Waals surface area contributed by atoms with Crippen LogP contribution >= 0.6 is 11.8 Å². The first-order valence-electron chi connectivity index (χ1n) is 15.1. The molecule has 0 aliphatic carbocycles. The Hall–Kier alpha value is -3.19. The maximum Gasteiger partial charge on any atom is 0.304 e. The molecule has 0 spiro atoms. The van der Waals surface area contributed by atoms with Gasteiger partial charge < -0.3 is 20.3 Å². The number of phenols is 1. The number of hydrogen-bond donors (Lipinski definition) is 3. The molecule has 0 fully saturated rings. The lowest BCUT2D eigenvalue weighted by Crippen LogP contribution is -2.14. The molecule has 0 bridgehead atoms. The number of carboxylic acid groups (broad SMARTS) is 1. The summed E-state index contributed by atoms with van der Waals surface area (Å²) in [5.41, 5.74) is 0.682. The highest BCUT2D eigenvalue weighted by Crippen LogP contribution is 2.37. The summed E-state index contributed by atoms with van der Waals surface area (Å²) in [6.45, 7) is 2.84. The van der Waals surface area contributed by atoms with Crippen molar-refractivity contribution in [2.24, 2.45) is 0 Å². The van der Waals surface area contributed by atoms with Crippen molar-refractivity contribution in [1.82, 2.24) is 0 Å². The molecular weight excluding hydrogens is 534 g/mol. The molecule has 0 aliphatic heterocycles. The number of amides is 1. The molecule has 0 atom stereocenters. The highest BCUT2D eigenvalue weighted by molar-refractivity contribution is 7.99. The van der Waals surface area contributed by atoms with Gasteiger partial charge in [0.2, 0.25) is 0 Å². The number of para-hydroxylation sites is 2. The Morgan fingerprint density at radius 1 is 0.805 bits per heavy atom. The number of carboxylic acids is 1. The van der Waals surface area contributed by atoms with Gasteiger partial charge in [0, 0.05) is 16.0 Å². The number of fused-ring (bicyclic) bond motifs is 1. The first-order chi connectivity index (χ1) is 20.0. The maximum atomic E-state index is 13.3. The fraction of sp³-hybridized carbons (Fsp3) is 0.471. The van der Waals surface area contributed by atoms with Gasteiger partial charge in [-0.25, -0.2) is 0 Å². The zero-order valence-corrected chi connectivity index (χ0v) is 25.1. The largest absolute Gasteiger partial charge is 0.506 e. The number of carbonyl (C=O) groups excluding carboxylic acids is 1. The molecule has 1 amide bonds.